The van der Waals surface area contributed by atoms with E-state index in [1.54, 1.807) is 0 Å². The summed E-state index contributed by atoms with van der Waals surface area (Å²) in [5.41, 5.74) is 4.88. The maximum Gasteiger partial charge on any atom is 0.323 e. The van der Waals surface area contributed by atoms with E-state index in [1.807, 2.05) is 41.5 Å². The van der Waals surface area contributed by atoms with Crippen LogP contribution < -0.4 is 11.1 Å². The van der Waals surface area contributed by atoms with Gasteiger partial charge in [0.05, 0.1) is 0 Å². The van der Waals surface area contributed by atoms with E-state index in [1.165, 1.54) is 0 Å². The summed E-state index contributed by atoms with van der Waals surface area (Å²) in [6, 6.07) is -0.713. The molecule has 1 aliphatic heterocycles. The third-order valence-electron chi connectivity index (χ3n) is 3.47. The lowest BCUT2D eigenvalue weighted by atomic mass is 10.0. The average molecular weight is 328 g/mol. The first kappa shape index (κ1) is 19.9. The largest absolute Gasteiger partial charge is 0.459 e. The Kier molecular flexibility index (Phi) is 6.59. The second-order valence-corrected chi connectivity index (χ2v) is 8.24. The molecule has 1 saturated heterocycles. The normalized spacial score (nSPS) is 23.4. The third kappa shape index (κ3) is 7.79. The minimum absolute atomic E-state index is 0.181. The Morgan fingerprint density at radius 2 is 1.65 bits per heavy atom. The first-order valence-corrected chi connectivity index (χ1v) is 8.35. The van der Waals surface area contributed by atoms with Crippen molar-refractivity contribution >= 4 is 11.9 Å². The Morgan fingerprint density at radius 3 is 2.17 bits per heavy atom. The summed E-state index contributed by atoms with van der Waals surface area (Å²) in [5, 5.41) is 3.27. The molecule has 3 atom stereocenters. The van der Waals surface area contributed by atoms with Gasteiger partial charge in [0.25, 0.3) is 0 Å². The van der Waals surface area contributed by atoms with Crippen molar-refractivity contribution in [1.82, 2.24) is 5.32 Å². The Hall–Kier alpha value is -1.14. The molecule has 1 rings (SSSR count). The van der Waals surface area contributed by atoms with Crippen molar-refractivity contribution in [1.29, 1.82) is 0 Å². The predicted molar refractivity (Wildman–Crippen MR) is 88.8 cm³/mol. The summed E-state index contributed by atoms with van der Waals surface area (Å²) in [4.78, 5) is 23.9. The van der Waals surface area contributed by atoms with E-state index in [0.717, 1.165) is 19.3 Å². The number of carbonyl (C=O) groups excluding carboxylic acids is 2. The summed E-state index contributed by atoms with van der Waals surface area (Å²) >= 11 is 0. The molecule has 0 spiro atoms. The molecule has 0 aromatic heterocycles. The van der Waals surface area contributed by atoms with Crippen LogP contribution in [0.3, 0.4) is 0 Å². The van der Waals surface area contributed by atoms with Crippen molar-refractivity contribution in [3.8, 4) is 0 Å². The van der Waals surface area contributed by atoms with Crippen molar-refractivity contribution in [2.75, 3.05) is 0 Å². The van der Waals surface area contributed by atoms with Gasteiger partial charge in [-0.1, -0.05) is 0 Å². The molecule has 6 nitrogen and oxygen atoms in total. The zero-order valence-corrected chi connectivity index (χ0v) is 15.3. The van der Waals surface area contributed by atoms with Crippen LogP contribution in [0.1, 0.15) is 67.2 Å². The zero-order valence-electron chi connectivity index (χ0n) is 15.3. The summed E-state index contributed by atoms with van der Waals surface area (Å²) in [6.07, 6.45) is 2.90. The van der Waals surface area contributed by atoms with Gasteiger partial charge in [-0.3, -0.25) is 9.59 Å². The molecule has 1 fully saturated rings. The summed E-state index contributed by atoms with van der Waals surface area (Å²) in [6.45, 7) is 11.0. The molecular formula is C17H32N2O4. The monoisotopic (exact) mass is 328 g/mol. The highest BCUT2D eigenvalue weighted by Crippen LogP contribution is 2.20. The first-order chi connectivity index (χ1) is 10.4. The van der Waals surface area contributed by atoms with Crippen LogP contribution in [0, 0.1) is 0 Å². The predicted octanol–water partition coefficient (Wildman–Crippen LogP) is 1.90. The van der Waals surface area contributed by atoms with Gasteiger partial charge >= 0.3 is 11.9 Å². The van der Waals surface area contributed by atoms with Crippen molar-refractivity contribution in [2.45, 2.75) is 96.6 Å². The first-order valence-electron chi connectivity index (χ1n) is 8.35. The molecule has 134 valence electrons. The second-order valence-electron chi connectivity index (χ2n) is 8.24. The van der Waals surface area contributed by atoms with Gasteiger partial charge in [0.2, 0.25) is 0 Å². The van der Waals surface area contributed by atoms with Crippen LogP contribution in [-0.2, 0) is 19.1 Å². The molecule has 0 bridgehead atoms. The zero-order chi connectivity index (χ0) is 17.8. The van der Waals surface area contributed by atoms with Gasteiger partial charge in [-0.05, 0) is 67.2 Å². The highest BCUT2D eigenvalue weighted by Gasteiger charge is 2.33. The molecule has 0 aromatic carbocycles. The lowest BCUT2D eigenvalue weighted by molar-refractivity contribution is -0.158. The molecule has 0 saturated carbocycles. The van der Waals surface area contributed by atoms with Crippen molar-refractivity contribution < 1.29 is 19.1 Å². The van der Waals surface area contributed by atoms with Crippen LogP contribution in [0.2, 0.25) is 0 Å². The van der Waals surface area contributed by atoms with Gasteiger partial charge in [-0.2, -0.15) is 0 Å². The molecule has 1 aliphatic rings. The number of nitrogens with one attached hydrogen (secondary N) is 1. The fraction of sp³-hybridized carbons (Fsp3) is 0.882. The van der Waals surface area contributed by atoms with Crippen molar-refractivity contribution in [3.63, 3.8) is 0 Å². The van der Waals surface area contributed by atoms with Gasteiger partial charge in [-0.25, -0.2) is 0 Å². The number of rotatable bonds is 5. The quantitative estimate of drug-likeness (QED) is 0.749. The molecular weight excluding hydrogens is 296 g/mol. The lowest BCUT2D eigenvalue weighted by Gasteiger charge is -2.23. The van der Waals surface area contributed by atoms with Gasteiger partial charge in [0, 0.05) is 6.04 Å². The van der Waals surface area contributed by atoms with Gasteiger partial charge in [0.1, 0.15) is 23.3 Å². The van der Waals surface area contributed by atoms with E-state index in [2.05, 4.69) is 5.32 Å². The summed E-state index contributed by atoms with van der Waals surface area (Å²) < 4.78 is 10.7. The molecule has 1 heterocycles. The van der Waals surface area contributed by atoms with E-state index in [0.29, 0.717) is 6.42 Å². The maximum absolute atomic E-state index is 12.0. The smallest absolute Gasteiger partial charge is 0.323 e. The van der Waals surface area contributed by atoms with Crippen LogP contribution in [0.5, 0.6) is 0 Å². The number of carbonyl (C=O) groups is 2. The minimum atomic E-state index is -0.628. The SMILES string of the molecule is CC(C)(C)OC(=O)[C@@H]1CC[C@H](CC[C@H](N)C(=O)OC(C)(C)C)N1. The number of hydrogen-bond acceptors (Lipinski definition) is 6. The van der Waals surface area contributed by atoms with E-state index in [-0.39, 0.29) is 24.0 Å². The maximum atomic E-state index is 12.0. The highest BCUT2D eigenvalue weighted by atomic mass is 16.6. The Balaban J connectivity index is 2.35. The molecule has 0 aromatic rings. The Labute approximate surface area is 139 Å². The number of ether oxygens (including phenoxy) is 2. The Bertz CT molecular complexity index is 423. The van der Waals surface area contributed by atoms with Gasteiger partial charge < -0.3 is 20.5 Å². The molecule has 23 heavy (non-hydrogen) atoms. The standard InChI is InChI=1S/C17H32N2O4/c1-16(2,3)22-14(20)12(18)9-7-11-8-10-13(19-11)15(21)23-17(4,5)6/h11-13,19H,7-10,18H2,1-6H3/t11-,12-,13-/m0/s1. The van der Waals surface area contributed by atoms with Crippen LogP contribution >= 0.6 is 0 Å². The highest BCUT2D eigenvalue weighted by molar-refractivity contribution is 5.77. The van der Waals surface area contributed by atoms with E-state index < -0.39 is 17.2 Å². The number of nitrogens with two attached hydrogens (primary N) is 1. The fourth-order valence-corrected chi connectivity index (χ4v) is 2.48. The molecule has 3 N–H and O–H groups in total. The second kappa shape index (κ2) is 7.62. The minimum Gasteiger partial charge on any atom is -0.459 e. The van der Waals surface area contributed by atoms with Gasteiger partial charge in [0.15, 0.2) is 0 Å². The summed E-state index contributed by atoms with van der Waals surface area (Å²) in [7, 11) is 0. The van der Waals surface area contributed by atoms with E-state index in [9.17, 15) is 9.59 Å². The van der Waals surface area contributed by atoms with E-state index in [4.69, 9.17) is 15.2 Å². The molecule has 0 amide bonds. The fourth-order valence-electron chi connectivity index (χ4n) is 2.48. The number of esters is 2. The third-order valence-corrected chi connectivity index (χ3v) is 3.47. The van der Waals surface area contributed by atoms with Gasteiger partial charge in [-0.15, -0.1) is 0 Å². The number of hydrogen-bond donors (Lipinski definition) is 2. The van der Waals surface area contributed by atoms with Crippen LogP contribution in [0.15, 0.2) is 0 Å². The van der Waals surface area contributed by atoms with Crippen molar-refractivity contribution in [2.24, 2.45) is 5.73 Å². The summed E-state index contributed by atoms with van der Waals surface area (Å²) in [5.74, 6) is -0.587. The van der Waals surface area contributed by atoms with Crippen LogP contribution in [0.4, 0.5) is 0 Å². The van der Waals surface area contributed by atoms with Crippen molar-refractivity contribution in [3.05, 3.63) is 0 Å². The molecule has 0 unspecified atom stereocenters. The molecule has 0 aliphatic carbocycles. The average Bonchev–Trinajstić information content (AvgIpc) is 2.80. The molecule has 6 heteroatoms. The Morgan fingerprint density at radius 1 is 1.09 bits per heavy atom. The topological polar surface area (TPSA) is 90.7 Å². The lowest BCUT2D eigenvalue weighted by Crippen LogP contribution is -2.41. The van der Waals surface area contributed by atoms with E-state index >= 15 is 0 Å². The molecule has 0 radical (unpaired) electrons. The van der Waals surface area contributed by atoms with Crippen LogP contribution in [0.25, 0.3) is 0 Å². The van der Waals surface area contributed by atoms with Crippen LogP contribution in [-0.4, -0.2) is 41.3 Å².